The highest BCUT2D eigenvalue weighted by molar-refractivity contribution is 4.90. The van der Waals surface area contributed by atoms with Gasteiger partial charge in [0.2, 0.25) is 0 Å². The molecule has 1 rings (SSSR count). The van der Waals surface area contributed by atoms with Crippen molar-refractivity contribution >= 4 is 0 Å². The molecule has 2 nitrogen and oxygen atoms in total. The van der Waals surface area contributed by atoms with Gasteiger partial charge < -0.3 is 0 Å². The first-order chi connectivity index (χ1) is 11.7. The van der Waals surface area contributed by atoms with Crippen LogP contribution in [0, 0.1) is 0 Å². The first-order valence-electron chi connectivity index (χ1n) is 10.8. The normalized spacial score (nSPS) is 12.9. The van der Waals surface area contributed by atoms with Gasteiger partial charge in [0, 0.05) is 0 Å². The molecule has 0 aromatic carbocycles. The predicted octanol–water partition coefficient (Wildman–Crippen LogP) is 7.08. The summed E-state index contributed by atoms with van der Waals surface area (Å²) in [5.74, 6) is 2.21. The summed E-state index contributed by atoms with van der Waals surface area (Å²) in [5.41, 5.74) is 0. The standard InChI is InChI=1S/C22H42N2/c1-5-8-11-14-15-20(4)24-19-18-23-22(24)21(16-12-9-6-2)17-13-10-7-3/h18-21H,5-17H2,1-4H3/p+1. The van der Waals surface area contributed by atoms with Gasteiger partial charge in [0.1, 0.15) is 12.4 Å². The van der Waals surface area contributed by atoms with Gasteiger partial charge in [0.05, 0.1) is 12.0 Å². The fourth-order valence-corrected chi connectivity index (χ4v) is 3.78. The molecule has 0 radical (unpaired) electrons. The third kappa shape index (κ3) is 7.85. The zero-order valence-electron chi connectivity index (χ0n) is 16.9. The number of nitrogens with one attached hydrogen (secondary N) is 1. The molecule has 0 aliphatic carbocycles. The maximum atomic E-state index is 3.61. The van der Waals surface area contributed by atoms with Crippen LogP contribution in [0.4, 0.5) is 0 Å². The highest BCUT2D eigenvalue weighted by Crippen LogP contribution is 2.26. The Balaban J connectivity index is 2.65. The molecule has 0 saturated heterocycles. The topological polar surface area (TPSA) is 19.7 Å². The van der Waals surface area contributed by atoms with Crippen molar-refractivity contribution in [3.63, 3.8) is 0 Å². The maximum Gasteiger partial charge on any atom is 0.257 e. The minimum Gasteiger partial charge on any atom is -0.247 e. The van der Waals surface area contributed by atoms with E-state index in [9.17, 15) is 0 Å². The summed E-state index contributed by atoms with van der Waals surface area (Å²) in [5, 5.41) is 0. The van der Waals surface area contributed by atoms with Crippen molar-refractivity contribution in [1.29, 1.82) is 0 Å². The fourth-order valence-electron chi connectivity index (χ4n) is 3.78. The Labute approximate surface area is 151 Å². The second kappa shape index (κ2) is 13.5. The third-order valence-corrected chi connectivity index (χ3v) is 5.39. The summed E-state index contributed by atoms with van der Waals surface area (Å²) in [7, 11) is 0. The minimum absolute atomic E-state index is 0.628. The molecule has 2 heteroatoms. The minimum atomic E-state index is 0.628. The molecule has 0 aliphatic heterocycles. The molecule has 1 heterocycles. The van der Waals surface area contributed by atoms with Gasteiger partial charge in [0.15, 0.2) is 0 Å². The zero-order chi connectivity index (χ0) is 17.6. The van der Waals surface area contributed by atoms with Crippen LogP contribution in [0.5, 0.6) is 0 Å². The van der Waals surface area contributed by atoms with Crippen LogP contribution in [0.1, 0.15) is 129 Å². The number of hydrogen-bond acceptors (Lipinski definition) is 0. The van der Waals surface area contributed by atoms with Gasteiger partial charge in [-0.15, -0.1) is 0 Å². The molecule has 1 aromatic rings. The van der Waals surface area contributed by atoms with Gasteiger partial charge in [-0.05, 0) is 32.6 Å². The molecule has 1 atom stereocenters. The van der Waals surface area contributed by atoms with Gasteiger partial charge >= 0.3 is 0 Å². The Morgan fingerprint density at radius 1 is 0.792 bits per heavy atom. The Morgan fingerprint density at radius 2 is 1.33 bits per heavy atom. The molecule has 0 saturated carbocycles. The average Bonchev–Trinajstić information content (AvgIpc) is 3.07. The predicted molar refractivity (Wildman–Crippen MR) is 105 cm³/mol. The van der Waals surface area contributed by atoms with Crippen molar-refractivity contribution in [1.82, 2.24) is 4.98 Å². The molecule has 0 fully saturated rings. The molecule has 0 bridgehead atoms. The number of H-pyrrole nitrogens is 1. The van der Waals surface area contributed by atoms with Crippen molar-refractivity contribution < 1.29 is 4.57 Å². The molecular weight excluding hydrogens is 292 g/mol. The number of aromatic nitrogens is 2. The van der Waals surface area contributed by atoms with Crippen LogP contribution in [-0.4, -0.2) is 4.98 Å². The van der Waals surface area contributed by atoms with E-state index in [2.05, 4.69) is 49.6 Å². The lowest BCUT2D eigenvalue weighted by atomic mass is 9.93. The van der Waals surface area contributed by atoms with Gasteiger partial charge in [-0.1, -0.05) is 78.6 Å². The zero-order valence-corrected chi connectivity index (χ0v) is 16.9. The summed E-state index contributed by atoms with van der Waals surface area (Å²) < 4.78 is 2.55. The van der Waals surface area contributed by atoms with Gasteiger partial charge in [0.25, 0.3) is 5.82 Å². The third-order valence-electron chi connectivity index (χ3n) is 5.39. The Morgan fingerprint density at radius 3 is 1.92 bits per heavy atom. The number of hydrogen-bond donors (Lipinski definition) is 1. The van der Waals surface area contributed by atoms with E-state index >= 15 is 0 Å². The lowest BCUT2D eigenvalue weighted by Gasteiger charge is -2.17. The lowest BCUT2D eigenvalue weighted by Crippen LogP contribution is -2.41. The van der Waals surface area contributed by atoms with E-state index < -0.39 is 0 Å². The van der Waals surface area contributed by atoms with Crippen molar-refractivity contribution in [2.45, 2.75) is 123 Å². The second-order valence-corrected chi connectivity index (χ2v) is 7.64. The number of imidazole rings is 1. The first kappa shape index (κ1) is 21.3. The molecule has 1 N–H and O–H groups in total. The summed E-state index contributed by atoms with van der Waals surface area (Å²) >= 11 is 0. The smallest absolute Gasteiger partial charge is 0.247 e. The fraction of sp³-hybridized carbons (Fsp3) is 0.864. The Bertz CT molecular complexity index is 386. The number of unbranched alkanes of at least 4 members (excludes halogenated alkanes) is 7. The van der Waals surface area contributed by atoms with Gasteiger partial charge in [-0.25, -0.2) is 9.55 Å². The molecule has 0 aliphatic rings. The summed E-state index contributed by atoms with van der Waals surface area (Å²) in [6.45, 7) is 9.30. The molecule has 24 heavy (non-hydrogen) atoms. The number of rotatable bonds is 15. The molecule has 0 spiro atoms. The first-order valence-corrected chi connectivity index (χ1v) is 10.8. The Hall–Kier alpha value is -0.790. The summed E-state index contributed by atoms with van der Waals surface area (Å²) in [6, 6.07) is 0.628. The van der Waals surface area contributed by atoms with E-state index in [-0.39, 0.29) is 0 Å². The van der Waals surface area contributed by atoms with E-state index in [1.165, 1.54) is 89.3 Å². The number of nitrogens with zero attached hydrogens (tertiary/aromatic N) is 1. The van der Waals surface area contributed by atoms with E-state index in [1.807, 2.05) is 0 Å². The highest BCUT2D eigenvalue weighted by atomic mass is 15.1. The summed E-state index contributed by atoms with van der Waals surface area (Å²) in [4.78, 5) is 3.61. The average molecular weight is 336 g/mol. The van der Waals surface area contributed by atoms with E-state index in [1.54, 1.807) is 0 Å². The van der Waals surface area contributed by atoms with Crippen LogP contribution in [0.3, 0.4) is 0 Å². The van der Waals surface area contributed by atoms with Crippen LogP contribution in [-0.2, 0) is 0 Å². The molecule has 0 amide bonds. The Kier molecular flexibility index (Phi) is 12.0. The van der Waals surface area contributed by atoms with Gasteiger partial charge in [-0.3, -0.25) is 0 Å². The molecule has 1 unspecified atom stereocenters. The quantitative estimate of drug-likeness (QED) is 0.261. The molecule has 140 valence electrons. The largest absolute Gasteiger partial charge is 0.257 e. The lowest BCUT2D eigenvalue weighted by molar-refractivity contribution is -0.727. The van der Waals surface area contributed by atoms with E-state index in [4.69, 9.17) is 0 Å². The van der Waals surface area contributed by atoms with Crippen LogP contribution in [0.25, 0.3) is 0 Å². The van der Waals surface area contributed by atoms with Crippen molar-refractivity contribution in [3.05, 3.63) is 18.2 Å². The van der Waals surface area contributed by atoms with E-state index in [0.29, 0.717) is 6.04 Å². The van der Waals surface area contributed by atoms with Crippen molar-refractivity contribution in [2.75, 3.05) is 0 Å². The van der Waals surface area contributed by atoms with E-state index in [0.717, 1.165) is 5.92 Å². The second-order valence-electron chi connectivity index (χ2n) is 7.64. The van der Waals surface area contributed by atoms with Crippen LogP contribution >= 0.6 is 0 Å². The highest BCUT2D eigenvalue weighted by Gasteiger charge is 2.25. The maximum absolute atomic E-state index is 3.61. The SMILES string of the molecule is CCCCCCC(C)[n+]1cc[nH]c1C(CCCCC)CCCCC. The van der Waals surface area contributed by atoms with Crippen LogP contribution in [0.15, 0.2) is 12.4 Å². The van der Waals surface area contributed by atoms with Crippen LogP contribution < -0.4 is 4.57 Å². The van der Waals surface area contributed by atoms with Crippen molar-refractivity contribution in [3.8, 4) is 0 Å². The van der Waals surface area contributed by atoms with Crippen LogP contribution in [0.2, 0.25) is 0 Å². The molecular formula is C22H43N2+. The van der Waals surface area contributed by atoms with Crippen molar-refractivity contribution in [2.24, 2.45) is 0 Å². The van der Waals surface area contributed by atoms with Gasteiger partial charge in [-0.2, -0.15) is 0 Å². The number of aromatic amines is 1. The molecule has 1 aromatic heterocycles. The summed E-state index contributed by atoms with van der Waals surface area (Å²) in [6.07, 6.45) is 22.0. The monoisotopic (exact) mass is 335 g/mol.